The fourth-order valence-electron chi connectivity index (χ4n) is 2.66. The Balaban J connectivity index is 2.25. The van der Waals surface area contributed by atoms with Gasteiger partial charge >= 0.3 is 11.4 Å². The molecule has 0 unspecified atom stereocenters. The summed E-state index contributed by atoms with van der Waals surface area (Å²) < 4.78 is 40.4. The molecule has 0 saturated carbocycles. The second-order valence-electron chi connectivity index (χ2n) is 5.54. The quantitative estimate of drug-likeness (QED) is 0.710. The Morgan fingerprint density at radius 1 is 1.12 bits per heavy atom. The van der Waals surface area contributed by atoms with Crippen LogP contribution in [-0.2, 0) is 22.9 Å². The normalized spacial score (nSPS) is 17.0. The van der Waals surface area contributed by atoms with E-state index in [-0.39, 0.29) is 45.9 Å². The van der Waals surface area contributed by atoms with E-state index in [4.69, 9.17) is 34.8 Å². The molecule has 1 aromatic heterocycles. The van der Waals surface area contributed by atoms with Gasteiger partial charge in [0.15, 0.2) is 9.84 Å². The smallest absolute Gasteiger partial charge is 0.246 e. The van der Waals surface area contributed by atoms with E-state index in [0.717, 1.165) is 27.0 Å². The topological polar surface area (TPSA) is 83.1 Å². The maximum absolute atomic E-state index is 14.4. The number of hydrogen-bond donors (Lipinski definition) is 0. The molecule has 0 radical (unpaired) electrons. The predicted molar refractivity (Wildman–Crippen MR) is 97.6 cm³/mol. The van der Waals surface area contributed by atoms with Crippen molar-refractivity contribution in [1.82, 2.24) is 13.9 Å². The van der Waals surface area contributed by atoms with Crippen molar-refractivity contribution in [3.05, 3.63) is 55.0 Å². The van der Waals surface area contributed by atoms with Crippen molar-refractivity contribution >= 4 is 49.7 Å². The minimum absolute atomic E-state index is 0.00191. The Labute approximate surface area is 161 Å². The number of sulfone groups is 1. The van der Waals surface area contributed by atoms with Crippen LogP contribution in [0.25, 0.3) is 10.7 Å². The molecule has 26 heavy (non-hydrogen) atoms. The second kappa shape index (κ2) is 6.88. The fourth-order valence-corrected chi connectivity index (χ4v) is 4.34. The maximum Gasteiger partial charge on any atom is 0.351 e. The first-order chi connectivity index (χ1) is 12.2. The molecule has 140 valence electrons. The molecule has 1 aliphatic heterocycles. The molecule has 3 rings (SSSR count). The highest BCUT2D eigenvalue weighted by molar-refractivity contribution is 7.91. The van der Waals surface area contributed by atoms with Gasteiger partial charge in [-0.1, -0.05) is 34.8 Å². The van der Waals surface area contributed by atoms with Crippen LogP contribution in [0.5, 0.6) is 0 Å². The molecule has 2 heterocycles. The predicted octanol–water partition coefficient (Wildman–Crippen LogP) is 1.80. The fraction of sp³-hybridized carbons (Fsp3) is 0.286. The van der Waals surface area contributed by atoms with Crippen molar-refractivity contribution in [1.29, 1.82) is 0 Å². The number of hydrogen-bond acceptors (Lipinski definition) is 4. The van der Waals surface area contributed by atoms with Crippen LogP contribution in [-0.4, -0.2) is 33.9 Å². The van der Waals surface area contributed by atoms with Crippen LogP contribution in [0.15, 0.2) is 27.3 Å². The van der Waals surface area contributed by atoms with Crippen molar-refractivity contribution in [2.75, 3.05) is 11.5 Å². The molecule has 0 bridgehead atoms. The minimum atomic E-state index is -3.36. The van der Waals surface area contributed by atoms with Gasteiger partial charge in [0.25, 0.3) is 0 Å². The molecule has 0 spiro atoms. The van der Waals surface area contributed by atoms with Gasteiger partial charge in [-0.25, -0.2) is 36.3 Å². The van der Waals surface area contributed by atoms with Gasteiger partial charge in [-0.15, -0.1) is 0 Å². The third-order valence-corrected chi connectivity index (χ3v) is 6.54. The number of fused-ring (bicyclic) bond motifs is 1. The van der Waals surface area contributed by atoms with Crippen LogP contribution in [0.2, 0.25) is 5.02 Å². The lowest BCUT2D eigenvalue weighted by Gasteiger charge is -2.08. The SMILES string of the molecule is O=c1n(-c2cc(C(Cl)=CCl)c(Cl)cc2F)c(=O)n2n1CCS(=O)(=O)CC2. The molecule has 0 aliphatic carbocycles. The molecular formula is C14H11Cl3FN3O4S. The van der Waals surface area contributed by atoms with E-state index < -0.39 is 27.0 Å². The molecule has 0 amide bonds. The summed E-state index contributed by atoms with van der Waals surface area (Å²) in [5.74, 6) is -1.48. The molecule has 1 aliphatic rings. The van der Waals surface area contributed by atoms with Gasteiger partial charge < -0.3 is 0 Å². The molecular weight excluding hydrogens is 432 g/mol. The maximum atomic E-state index is 14.4. The zero-order valence-electron chi connectivity index (χ0n) is 13.0. The average molecular weight is 443 g/mol. The summed E-state index contributed by atoms with van der Waals surface area (Å²) in [6, 6.07) is 2.05. The highest BCUT2D eigenvalue weighted by atomic mass is 35.5. The first-order valence-corrected chi connectivity index (χ1v) is 10.3. The lowest BCUT2D eigenvalue weighted by atomic mass is 10.2. The molecule has 0 atom stereocenters. The second-order valence-corrected chi connectivity index (χ2v) is 8.88. The first kappa shape index (κ1) is 19.2. The molecule has 0 saturated heterocycles. The number of halogens is 4. The Morgan fingerprint density at radius 3 is 2.15 bits per heavy atom. The van der Waals surface area contributed by atoms with Gasteiger partial charge in [-0.05, 0) is 12.1 Å². The zero-order chi connectivity index (χ0) is 19.2. The van der Waals surface area contributed by atoms with Crippen LogP contribution >= 0.6 is 34.8 Å². The van der Waals surface area contributed by atoms with Gasteiger partial charge in [-0.2, -0.15) is 0 Å². The largest absolute Gasteiger partial charge is 0.351 e. The molecule has 7 nitrogen and oxygen atoms in total. The Bertz CT molecular complexity index is 1100. The van der Waals surface area contributed by atoms with Crippen molar-refractivity contribution in [3.8, 4) is 5.69 Å². The summed E-state index contributed by atoms with van der Waals surface area (Å²) in [6.45, 7) is -0.401. The van der Waals surface area contributed by atoms with Crippen molar-refractivity contribution in [2.24, 2.45) is 0 Å². The van der Waals surface area contributed by atoms with E-state index in [1.807, 2.05) is 0 Å². The van der Waals surface area contributed by atoms with E-state index in [0.29, 0.717) is 4.57 Å². The molecule has 2 aromatic rings. The van der Waals surface area contributed by atoms with Crippen LogP contribution < -0.4 is 11.4 Å². The van der Waals surface area contributed by atoms with Crippen LogP contribution in [0.4, 0.5) is 4.39 Å². The average Bonchev–Trinajstić information content (AvgIpc) is 2.70. The summed E-state index contributed by atoms with van der Waals surface area (Å²) in [5, 5.41) is -0.0499. The standard InChI is InChI=1S/C14H11Cl3FN3O4S/c15-7-10(17)8-5-12(11(18)6-9(8)16)21-13(22)19-1-3-26(24,25)4-2-20(19)14(21)23/h5-7H,1-4H2. The lowest BCUT2D eigenvalue weighted by Crippen LogP contribution is -2.30. The molecule has 0 fully saturated rings. The molecule has 0 N–H and O–H groups in total. The van der Waals surface area contributed by atoms with Crippen molar-refractivity contribution < 1.29 is 12.8 Å². The number of nitrogens with zero attached hydrogens (tertiary/aromatic N) is 3. The van der Waals surface area contributed by atoms with E-state index in [2.05, 4.69) is 0 Å². The molecule has 12 heteroatoms. The van der Waals surface area contributed by atoms with E-state index in [9.17, 15) is 22.4 Å². The summed E-state index contributed by atoms with van der Waals surface area (Å²) in [6.07, 6.45) is 0. The van der Waals surface area contributed by atoms with Crippen molar-refractivity contribution in [3.63, 3.8) is 0 Å². The van der Waals surface area contributed by atoms with Crippen molar-refractivity contribution in [2.45, 2.75) is 13.1 Å². The highest BCUT2D eigenvalue weighted by Crippen LogP contribution is 2.30. The van der Waals surface area contributed by atoms with E-state index >= 15 is 0 Å². The summed E-state index contributed by atoms with van der Waals surface area (Å²) in [5.41, 5.74) is -0.914. The number of aromatic nitrogens is 3. The Morgan fingerprint density at radius 2 is 1.65 bits per heavy atom. The number of benzene rings is 1. The Hall–Kier alpha value is -1.55. The van der Waals surface area contributed by atoms with Gasteiger partial charge in [-0.3, -0.25) is 0 Å². The number of rotatable bonds is 2. The minimum Gasteiger partial charge on any atom is -0.246 e. The van der Waals surface area contributed by atoms with E-state index in [1.54, 1.807) is 0 Å². The summed E-state index contributed by atoms with van der Waals surface area (Å²) in [7, 11) is -3.36. The zero-order valence-corrected chi connectivity index (χ0v) is 16.0. The van der Waals surface area contributed by atoms with Crippen LogP contribution in [0.3, 0.4) is 0 Å². The van der Waals surface area contributed by atoms with Crippen LogP contribution in [0, 0.1) is 5.82 Å². The monoisotopic (exact) mass is 441 g/mol. The van der Waals surface area contributed by atoms with Gasteiger partial charge in [0, 0.05) is 11.1 Å². The third-order valence-electron chi connectivity index (χ3n) is 3.97. The van der Waals surface area contributed by atoms with Gasteiger partial charge in [0.2, 0.25) is 0 Å². The third kappa shape index (κ3) is 3.24. The summed E-state index contributed by atoms with van der Waals surface area (Å²) in [4.78, 5) is 25.2. The van der Waals surface area contributed by atoms with Gasteiger partial charge in [0.05, 0.1) is 40.3 Å². The van der Waals surface area contributed by atoms with Crippen LogP contribution in [0.1, 0.15) is 5.56 Å². The highest BCUT2D eigenvalue weighted by Gasteiger charge is 2.26. The summed E-state index contributed by atoms with van der Waals surface area (Å²) >= 11 is 17.4. The Kier molecular flexibility index (Phi) is 5.08. The molecule has 1 aromatic carbocycles. The lowest BCUT2D eigenvalue weighted by molar-refractivity contribution is 0.480. The van der Waals surface area contributed by atoms with E-state index in [1.165, 1.54) is 0 Å². The van der Waals surface area contributed by atoms with Gasteiger partial charge in [0.1, 0.15) is 5.82 Å². The first-order valence-electron chi connectivity index (χ1n) is 7.25.